The molecule has 3 atom stereocenters. The number of carbonyl (C=O) groups is 1. The van der Waals surface area contributed by atoms with Crippen LogP contribution in [0.3, 0.4) is 0 Å². The van der Waals surface area contributed by atoms with E-state index in [0.29, 0.717) is 24.4 Å². The van der Waals surface area contributed by atoms with Crippen molar-refractivity contribution in [3.63, 3.8) is 0 Å². The van der Waals surface area contributed by atoms with Gasteiger partial charge in [0.2, 0.25) is 5.91 Å². The molecule has 4 heteroatoms. The first-order chi connectivity index (χ1) is 6.24. The maximum Gasteiger partial charge on any atom is 0.224 e. The molecule has 3 unspecified atom stereocenters. The summed E-state index contributed by atoms with van der Waals surface area (Å²) in [6.45, 7) is 4.43. The third-order valence-corrected chi connectivity index (χ3v) is 3.20. The van der Waals surface area contributed by atoms with Crippen molar-refractivity contribution in [2.45, 2.75) is 13.0 Å². The summed E-state index contributed by atoms with van der Waals surface area (Å²) in [5, 5.41) is 6.34. The molecule has 74 valence electrons. The maximum atomic E-state index is 11.4. The summed E-state index contributed by atoms with van der Waals surface area (Å²) >= 11 is 0. The fraction of sp³-hybridized carbons (Fsp3) is 0.889. The zero-order valence-corrected chi connectivity index (χ0v) is 7.92. The van der Waals surface area contributed by atoms with Gasteiger partial charge in [-0.3, -0.25) is 4.79 Å². The molecule has 13 heavy (non-hydrogen) atoms. The van der Waals surface area contributed by atoms with Gasteiger partial charge in [-0.15, -0.1) is 0 Å². The summed E-state index contributed by atoms with van der Waals surface area (Å²) < 4.78 is 0. The average Bonchev–Trinajstić information content (AvgIpc) is 2.63. The van der Waals surface area contributed by atoms with Gasteiger partial charge in [-0.05, 0) is 11.8 Å². The summed E-state index contributed by atoms with van der Waals surface area (Å²) in [5.74, 6) is 1.44. The first kappa shape index (κ1) is 8.97. The Kier molecular flexibility index (Phi) is 2.26. The van der Waals surface area contributed by atoms with Crippen molar-refractivity contribution < 1.29 is 4.79 Å². The fourth-order valence-corrected chi connectivity index (χ4v) is 2.05. The Bertz CT molecular complexity index is 209. The predicted molar refractivity (Wildman–Crippen MR) is 50.0 cm³/mol. The summed E-state index contributed by atoms with van der Waals surface area (Å²) in [6.07, 6.45) is 0. The van der Waals surface area contributed by atoms with E-state index in [2.05, 4.69) is 10.6 Å². The van der Waals surface area contributed by atoms with Crippen LogP contribution in [-0.2, 0) is 4.79 Å². The largest absolute Gasteiger partial charge is 0.352 e. The van der Waals surface area contributed by atoms with Crippen LogP contribution in [0, 0.1) is 17.8 Å². The molecule has 0 bridgehead atoms. The van der Waals surface area contributed by atoms with Crippen LogP contribution in [0.5, 0.6) is 0 Å². The van der Waals surface area contributed by atoms with Crippen LogP contribution in [0.1, 0.15) is 6.92 Å². The van der Waals surface area contributed by atoms with Crippen molar-refractivity contribution in [1.29, 1.82) is 0 Å². The van der Waals surface area contributed by atoms with Crippen molar-refractivity contribution in [2.24, 2.45) is 23.5 Å². The van der Waals surface area contributed by atoms with E-state index < -0.39 is 0 Å². The fourth-order valence-electron chi connectivity index (χ4n) is 2.05. The van der Waals surface area contributed by atoms with E-state index in [-0.39, 0.29) is 11.8 Å². The summed E-state index contributed by atoms with van der Waals surface area (Å²) in [5.41, 5.74) is 5.41. The SMILES string of the molecule is CC(CN)C(=O)NC1C2CNCC21. The van der Waals surface area contributed by atoms with Crippen molar-refractivity contribution >= 4 is 5.91 Å². The van der Waals surface area contributed by atoms with Gasteiger partial charge < -0.3 is 16.4 Å². The molecule has 0 aromatic rings. The van der Waals surface area contributed by atoms with Crippen molar-refractivity contribution in [2.75, 3.05) is 19.6 Å². The zero-order valence-electron chi connectivity index (χ0n) is 7.92. The Morgan fingerprint density at radius 1 is 1.62 bits per heavy atom. The van der Waals surface area contributed by atoms with E-state index in [4.69, 9.17) is 5.73 Å². The van der Waals surface area contributed by atoms with E-state index in [9.17, 15) is 4.79 Å². The highest BCUT2D eigenvalue weighted by Crippen LogP contribution is 2.41. The summed E-state index contributed by atoms with van der Waals surface area (Å²) in [7, 11) is 0. The number of rotatable bonds is 3. The van der Waals surface area contributed by atoms with Gasteiger partial charge in [-0.25, -0.2) is 0 Å². The van der Waals surface area contributed by atoms with Crippen molar-refractivity contribution in [3.8, 4) is 0 Å². The van der Waals surface area contributed by atoms with E-state index >= 15 is 0 Å². The second-order valence-corrected chi connectivity index (χ2v) is 4.16. The normalized spacial score (nSPS) is 38.2. The molecule has 1 saturated carbocycles. The number of hydrogen-bond acceptors (Lipinski definition) is 3. The van der Waals surface area contributed by atoms with Gasteiger partial charge in [0.1, 0.15) is 0 Å². The Morgan fingerprint density at radius 3 is 2.77 bits per heavy atom. The lowest BCUT2D eigenvalue weighted by Crippen LogP contribution is -2.38. The van der Waals surface area contributed by atoms with Gasteiger partial charge in [-0.1, -0.05) is 6.92 Å². The first-order valence-corrected chi connectivity index (χ1v) is 4.95. The molecule has 1 aliphatic carbocycles. The number of carbonyl (C=O) groups excluding carboxylic acids is 1. The van der Waals surface area contributed by atoms with Crippen LogP contribution in [0.15, 0.2) is 0 Å². The second kappa shape index (κ2) is 3.27. The lowest BCUT2D eigenvalue weighted by Gasteiger charge is -2.11. The molecular weight excluding hydrogens is 166 g/mol. The van der Waals surface area contributed by atoms with Gasteiger partial charge >= 0.3 is 0 Å². The lowest BCUT2D eigenvalue weighted by molar-refractivity contribution is -0.124. The van der Waals surface area contributed by atoms with E-state index in [1.54, 1.807) is 0 Å². The van der Waals surface area contributed by atoms with E-state index in [1.165, 1.54) is 0 Å². The molecule has 4 nitrogen and oxygen atoms in total. The Labute approximate surface area is 78.2 Å². The smallest absolute Gasteiger partial charge is 0.224 e. The van der Waals surface area contributed by atoms with Crippen LogP contribution in [0.2, 0.25) is 0 Å². The standard InChI is InChI=1S/C9H17N3O/c1-5(2-10)9(13)12-8-6-3-11-4-7(6)8/h5-8,11H,2-4,10H2,1H3,(H,12,13). The highest BCUT2D eigenvalue weighted by atomic mass is 16.2. The van der Waals surface area contributed by atoms with Gasteiger partial charge in [0.25, 0.3) is 0 Å². The zero-order chi connectivity index (χ0) is 9.42. The van der Waals surface area contributed by atoms with Crippen molar-refractivity contribution in [1.82, 2.24) is 10.6 Å². The highest BCUT2D eigenvalue weighted by Gasteiger charge is 2.53. The van der Waals surface area contributed by atoms with Crippen LogP contribution in [-0.4, -0.2) is 31.6 Å². The lowest BCUT2D eigenvalue weighted by atomic mass is 10.1. The number of nitrogens with two attached hydrogens (primary N) is 1. The topological polar surface area (TPSA) is 67.2 Å². The second-order valence-electron chi connectivity index (χ2n) is 4.16. The molecular formula is C9H17N3O. The first-order valence-electron chi connectivity index (χ1n) is 4.95. The van der Waals surface area contributed by atoms with Crippen molar-refractivity contribution in [3.05, 3.63) is 0 Å². The molecule has 0 aromatic heterocycles. The third kappa shape index (κ3) is 1.56. The number of hydrogen-bond donors (Lipinski definition) is 3. The number of fused-ring (bicyclic) bond motifs is 1. The van der Waals surface area contributed by atoms with E-state index in [0.717, 1.165) is 13.1 Å². The monoisotopic (exact) mass is 183 g/mol. The molecule has 1 aliphatic heterocycles. The van der Waals surface area contributed by atoms with E-state index in [1.807, 2.05) is 6.92 Å². The Morgan fingerprint density at radius 2 is 2.23 bits per heavy atom. The van der Waals surface area contributed by atoms with Crippen LogP contribution in [0.25, 0.3) is 0 Å². The number of piperidine rings is 1. The molecule has 0 radical (unpaired) electrons. The molecule has 0 spiro atoms. The van der Waals surface area contributed by atoms with Gasteiger partial charge in [0.15, 0.2) is 0 Å². The minimum atomic E-state index is -0.0470. The molecule has 1 amide bonds. The van der Waals surface area contributed by atoms with Crippen LogP contribution < -0.4 is 16.4 Å². The predicted octanol–water partition coefficient (Wildman–Crippen LogP) is -1.08. The number of amides is 1. The molecule has 4 N–H and O–H groups in total. The molecule has 2 fully saturated rings. The molecule has 1 saturated heterocycles. The highest BCUT2D eigenvalue weighted by molar-refractivity contribution is 5.79. The maximum absolute atomic E-state index is 11.4. The Hall–Kier alpha value is -0.610. The minimum absolute atomic E-state index is 0.0470. The molecule has 2 rings (SSSR count). The quantitative estimate of drug-likeness (QED) is 0.521. The Balaban J connectivity index is 1.77. The number of nitrogens with one attached hydrogen (secondary N) is 2. The molecule has 0 aromatic carbocycles. The summed E-state index contributed by atoms with van der Waals surface area (Å²) in [4.78, 5) is 11.4. The summed E-state index contributed by atoms with van der Waals surface area (Å²) in [6, 6.07) is 0.433. The van der Waals surface area contributed by atoms with Gasteiger partial charge in [0, 0.05) is 31.6 Å². The average molecular weight is 183 g/mol. The molecule has 2 aliphatic rings. The minimum Gasteiger partial charge on any atom is -0.352 e. The van der Waals surface area contributed by atoms with Gasteiger partial charge in [0.05, 0.1) is 0 Å². The van der Waals surface area contributed by atoms with Gasteiger partial charge in [-0.2, -0.15) is 0 Å². The van der Waals surface area contributed by atoms with Crippen LogP contribution in [0.4, 0.5) is 0 Å². The third-order valence-electron chi connectivity index (χ3n) is 3.20. The van der Waals surface area contributed by atoms with Crippen LogP contribution >= 0.6 is 0 Å². The molecule has 1 heterocycles.